The van der Waals surface area contributed by atoms with Gasteiger partial charge in [0.1, 0.15) is 0 Å². The maximum absolute atomic E-state index is 2.48. The van der Waals surface area contributed by atoms with Crippen LogP contribution in [0.2, 0.25) is 0 Å². The summed E-state index contributed by atoms with van der Waals surface area (Å²) in [5, 5.41) is 4.94. The fraction of sp³-hybridized carbons (Fsp3) is 0.156. The molecule has 1 aliphatic rings. The van der Waals surface area contributed by atoms with Crippen LogP contribution in [0.5, 0.6) is 0 Å². The highest BCUT2D eigenvalue weighted by Gasteiger charge is 2.39. The number of rotatable bonds is 4. The van der Waals surface area contributed by atoms with Gasteiger partial charge in [0.2, 0.25) is 0 Å². The van der Waals surface area contributed by atoms with Crippen molar-refractivity contribution in [1.29, 1.82) is 0 Å². The van der Waals surface area contributed by atoms with E-state index < -0.39 is 0 Å². The van der Waals surface area contributed by atoms with E-state index >= 15 is 0 Å². The Morgan fingerprint density at radius 1 is 0.478 bits per heavy atom. The van der Waals surface area contributed by atoms with Gasteiger partial charge in [-0.05, 0) is 96.7 Å². The minimum atomic E-state index is -0.122. The van der Waals surface area contributed by atoms with Crippen LogP contribution in [0, 0.1) is 0 Å². The van der Waals surface area contributed by atoms with Crippen LogP contribution in [0.15, 0.2) is 146 Å². The van der Waals surface area contributed by atoms with Crippen molar-refractivity contribution in [3.63, 3.8) is 0 Å². The van der Waals surface area contributed by atoms with Gasteiger partial charge >= 0.3 is 0 Å². The molecule has 1 nitrogen and oxygen atoms in total. The lowest BCUT2D eigenvalue weighted by Crippen LogP contribution is -2.18. The third-order valence-corrected chi connectivity index (χ3v) is 9.93. The third-order valence-electron chi connectivity index (χ3n) is 9.93. The van der Waals surface area contributed by atoms with E-state index in [0.29, 0.717) is 0 Å². The summed E-state index contributed by atoms with van der Waals surface area (Å²) >= 11 is 0. The van der Waals surface area contributed by atoms with Crippen molar-refractivity contribution in [2.24, 2.45) is 0 Å². The first-order chi connectivity index (χ1) is 22.2. The highest BCUT2D eigenvalue weighted by Crippen LogP contribution is 2.54. The third kappa shape index (κ3) is 4.53. The van der Waals surface area contributed by atoms with Crippen molar-refractivity contribution in [2.75, 3.05) is 4.90 Å². The summed E-state index contributed by atoms with van der Waals surface area (Å²) in [5.74, 6) is 0. The average molecular weight is 594 g/mol. The Kier molecular flexibility index (Phi) is 6.44. The van der Waals surface area contributed by atoms with Gasteiger partial charge in [-0.15, -0.1) is 0 Å². The molecule has 0 spiro atoms. The maximum Gasteiger partial charge on any atom is 0.0546 e. The first-order valence-corrected chi connectivity index (χ1v) is 16.4. The van der Waals surface area contributed by atoms with Crippen LogP contribution in [0.25, 0.3) is 43.8 Å². The highest BCUT2D eigenvalue weighted by atomic mass is 15.1. The molecular formula is C45H39N. The van der Waals surface area contributed by atoms with Gasteiger partial charge in [0, 0.05) is 22.4 Å². The second kappa shape index (κ2) is 10.5. The van der Waals surface area contributed by atoms with Crippen molar-refractivity contribution in [3.05, 3.63) is 162 Å². The number of nitrogens with zero attached hydrogens (tertiary/aromatic N) is 1. The summed E-state index contributed by atoms with van der Waals surface area (Å²) in [6, 6.07) is 53.8. The van der Waals surface area contributed by atoms with E-state index in [0.717, 1.165) is 5.69 Å². The molecule has 0 radical (unpaired) electrons. The van der Waals surface area contributed by atoms with E-state index in [2.05, 4.69) is 185 Å². The van der Waals surface area contributed by atoms with Gasteiger partial charge in [-0.3, -0.25) is 0 Å². The molecule has 7 aromatic rings. The van der Waals surface area contributed by atoms with Crippen LogP contribution in [0.4, 0.5) is 17.1 Å². The van der Waals surface area contributed by atoms with Crippen LogP contribution in [-0.2, 0) is 10.8 Å². The van der Waals surface area contributed by atoms with Gasteiger partial charge in [-0.25, -0.2) is 0 Å². The Bertz CT molecular complexity index is 2270. The monoisotopic (exact) mass is 593 g/mol. The number of anilines is 3. The standard InChI is InChI=1S/C45H39N/c1-44(2,3)39-20-13-21-40-43(39)37-25-24-36(29-41(37)45(40,4)5)46(35-23-22-30-14-9-10-17-32(30)26-35)42-28-34-19-12-11-18-33(34)27-38(42)31-15-7-6-8-16-31/h6-29H,1-5H3. The minimum absolute atomic E-state index is 0.0501. The largest absolute Gasteiger partial charge is 0.310 e. The predicted octanol–water partition coefficient (Wildman–Crippen LogP) is 12.7. The van der Waals surface area contributed by atoms with Gasteiger partial charge in [-0.1, -0.05) is 144 Å². The predicted molar refractivity (Wildman–Crippen MR) is 198 cm³/mol. The lowest BCUT2D eigenvalue weighted by atomic mass is 9.79. The number of benzene rings is 7. The molecule has 7 aromatic carbocycles. The molecule has 0 N–H and O–H groups in total. The van der Waals surface area contributed by atoms with Crippen molar-refractivity contribution < 1.29 is 0 Å². The molecule has 0 aromatic heterocycles. The molecule has 0 saturated carbocycles. The lowest BCUT2D eigenvalue weighted by Gasteiger charge is -2.30. The molecule has 0 unspecified atom stereocenters. The Morgan fingerprint density at radius 2 is 1.09 bits per heavy atom. The molecule has 0 amide bonds. The number of fused-ring (bicyclic) bond motifs is 5. The quantitative estimate of drug-likeness (QED) is 0.196. The summed E-state index contributed by atoms with van der Waals surface area (Å²) in [7, 11) is 0. The molecule has 0 heterocycles. The fourth-order valence-electron chi connectivity index (χ4n) is 7.55. The van der Waals surface area contributed by atoms with Gasteiger partial charge in [0.25, 0.3) is 0 Å². The van der Waals surface area contributed by atoms with E-state index in [4.69, 9.17) is 0 Å². The summed E-state index contributed by atoms with van der Waals surface area (Å²) in [4.78, 5) is 2.48. The molecule has 0 fully saturated rings. The summed E-state index contributed by atoms with van der Waals surface area (Å²) in [5.41, 5.74) is 12.8. The van der Waals surface area contributed by atoms with Crippen molar-refractivity contribution in [1.82, 2.24) is 0 Å². The zero-order valence-corrected chi connectivity index (χ0v) is 27.3. The van der Waals surface area contributed by atoms with E-state index in [9.17, 15) is 0 Å². The summed E-state index contributed by atoms with van der Waals surface area (Å²) in [6.45, 7) is 11.8. The summed E-state index contributed by atoms with van der Waals surface area (Å²) in [6.07, 6.45) is 0. The van der Waals surface area contributed by atoms with Crippen LogP contribution in [-0.4, -0.2) is 0 Å². The average Bonchev–Trinajstić information content (AvgIpc) is 3.30. The normalized spacial score (nSPS) is 13.5. The summed E-state index contributed by atoms with van der Waals surface area (Å²) < 4.78 is 0. The van der Waals surface area contributed by atoms with Gasteiger partial charge < -0.3 is 4.90 Å². The minimum Gasteiger partial charge on any atom is -0.310 e. The Hall–Kier alpha value is -5.14. The molecule has 0 bridgehead atoms. The second-order valence-electron chi connectivity index (χ2n) is 14.3. The first-order valence-electron chi connectivity index (χ1n) is 16.4. The fourth-order valence-corrected chi connectivity index (χ4v) is 7.55. The molecule has 46 heavy (non-hydrogen) atoms. The van der Waals surface area contributed by atoms with Crippen LogP contribution < -0.4 is 4.90 Å². The smallest absolute Gasteiger partial charge is 0.0546 e. The Morgan fingerprint density at radius 3 is 1.80 bits per heavy atom. The molecule has 8 rings (SSSR count). The molecule has 1 aliphatic carbocycles. The van der Waals surface area contributed by atoms with Crippen LogP contribution >= 0.6 is 0 Å². The zero-order valence-electron chi connectivity index (χ0n) is 27.3. The second-order valence-corrected chi connectivity index (χ2v) is 14.3. The van der Waals surface area contributed by atoms with E-state index in [1.165, 1.54) is 71.9 Å². The van der Waals surface area contributed by atoms with Crippen molar-refractivity contribution >= 4 is 38.6 Å². The molecule has 1 heteroatoms. The maximum atomic E-state index is 2.48. The lowest BCUT2D eigenvalue weighted by molar-refractivity contribution is 0.589. The van der Waals surface area contributed by atoms with Crippen LogP contribution in [0.1, 0.15) is 51.3 Å². The number of hydrogen-bond donors (Lipinski definition) is 0. The van der Waals surface area contributed by atoms with E-state index in [1.54, 1.807) is 0 Å². The molecule has 224 valence electrons. The Balaban J connectivity index is 1.41. The topological polar surface area (TPSA) is 3.24 Å². The van der Waals surface area contributed by atoms with E-state index in [-0.39, 0.29) is 10.8 Å². The molecule has 0 aliphatic heterocycles. The van der Waals surface area contributed by atoms with Crippen molar-refractivity contribution in [3.8, 4) is 22.3 Å². The highest BCUT2D eigenvalue weighted by molar-refractivity contribution is 6.00. The zero-order chi connectivity index (χ0) is 31.6. The van der Waals surface area contributed by atoms with Crippen LogP contribution in [0.3, 0.4) is 0 Å². The number of hydrogen-bond acceptors (Lipinski definition) is 1. The van der Waals surface area contributed by atoms with Crippen molar-refractivity contribution in [2.45, 2.75) is 45.4 Å². The first kappa shape index (κ1) is 28.3. The van der Waals surface area contributed by atoms with Gasteiger partial charge in [0.15, 0.2) is 0 Å². The van der Waals surface area contributed by atoms with Gasteiger partial charge in [0.05, 0.1) is 5.69 Å². The molecule has 0 atom stereocenters. The molecule has 0 saturated heterocycles. The Labute approximate surface area is 272 Å². The SMILES string of the molecule is CC(C)(C)c1cccc2c1-c1ccc(N(c3ccc4ccccc4c3)c3cc4ccccc4cc3-c3ccccc3)cc1C2(C)C. The van der Waals surface area contributed by atoms with Gasteiger partial charge in [-0.2, -0.15) is 0 Å². The molecular weight excluding hydrogens is 555 g/mol. The van der Waals surface area contributed by atoms with E-state index in [1.807, 2.05) is 0 Å².